The van der Waals surface area contributed by atoms with Crippen molar-refractivity contribution < 1.29 is 33.7 Å². The van der Waals surface area contributed by atoms with E-state index >= 15 is 0 Å². The quantitative estimate of drug-likeness (QED) is 0.358. The monoisotopic (exact) mass is 508 g/mol. The number of cyclic esters (lactones) is 1. The number of carbonyl (C=O) groups is 3. The number of ether oxygens (including phenoxy) is 3. The van der Waals surface area contributed by atoms with Crippen molar-refractivity contribution in [1.82, 2.24) is 0 Å². The maximum Gasteiger partial charge on any atom is 0.312 e. The fourth-order valence-electron chi connectivity index (χ4n) is 6.33. The first-order valence-electron chi connectivity index (χ1n) is 13.8. The summed E-state index contributed by atoms with van der Waals surface area (Å²) in [5.41, 5.74) is -2.58. The minimum Gasteiger partial charge on any atom is -0.459 e. The van der Waals surface area contributed by atoms with Crippen molar-refractivity contribution in [3.8, 4) is 0 Å². The number of esters is 3. The van der Waals surface area contributed by atoms with Gasteiger partial charge in [0, 0.05) is 12.8 Å². The van der Waals surface area contributed by atoms with E-state index in [2.05, 4.69) is 0 Å². The topological polar surface area (TPSA) is 99.1 Å². The fourth-order valence-corrected chi connectivity index (χ4v) is 6.33. The molecule has 0 radical (unpaired) electrons. The third-order valence-corrected chi connectivity index (χ3v) is 9.17. The van der Waals surface area contributed by atoms with E-state index in [0.29, 0.717) is 37.5 Å². The van der Waals surface area contributed by atoms with Crippen molar-refractivity contribution in [2.24, 2.45) is 22.7 Å². The number of aliphatic hydroxyl groups is 1. The highest BCUT2D eigenvalue weighted by atomic mass is 16.6. The molecular weight excluding hydrogens is 460 g/mol. The molecule has 0 aromatic rings. The molecule has 0 spiro atoms. The van der Waals surface area contributed by atoms with Gasteiger partial charge in [0.05, 0.1) is 16.4 Å². The minimum atomic E-state index is -0.754. The predicted octanol–water partition coefficient (Wildman–Crippen LogP) is 5.50. The molecule has 1 N–H and O–H groups in total. The molecule has 7 heteroatoms. The SMILES string of the molecule is CCC(C)(C)C(=O)OC(C)(C)C1CCC(=O)O1.CCC(C)(C)C(=O)OC12CC3CC(CC(O)(C3)C1)C2. The fraction of sp³-hybridized carbons (Fsp3) is 0.897. The standard InChI is InChI=1S/C16H26O3.C13H22O4/c1-4-14(2,3)13(17)19-16-8-11-5-12(9-16)7-15(18,6-11)10-16;1-6-12(2,3)11(15)17-13(4,5)9-7-8-10(14)16-9/h11-12,18H,4-10H2,1-3H3;9H,6-8H2,1-5H3. The summed E-state index contributed by atoms with van der Waals surface area (Å²) in [7, 11) is 0. The Bertz CT molecular complexity index is 842. The number of carbonyl (C=O) groups excluding carboxylic acids is 3. The highest BCUT2D eigenvalue weighted by Crippen LogP contribution is 2.59. The normalized spacial score (nSPS) is 33.5. The van der Waals surface area contributed by atoms with Crippen molar-refractivity contribution >= 4 is 17.9 Å². The van der Waals surface area contributed by atoms with Crippen molar-refractivity contribution in [2.45, 2.75) is 143 Å². The van der Waals surface area contributed by atoms with E-state index in [9.17, 15) is 19.5 Å². The van der Waals surface area contributed by atoms with E-state index in [1.807, 2.05) is 41.5 Å². The average molecular weight is 509 g/mol. The molecule has 5 fully saturated rings. The van der Waals surface area contributed by atoms with Crippen LogP contribution in [0.4, 0.5) is 0 Å². The van der Waals surface area contributed by atoms with E-state index in [1.54, 1.807) is 13.8 Å². The van der Waals surface area contributed by atoms with Crippen molar-refractivity contribution in [1.29, 1.82) is 0 Å². The minimum absolute atomic E-state index is 0.0828. The van der Waals surface area contributed by atoms with Gasteiger partial charge in [-0.1, -0.05) is 13.8 Å². The summed E-state index contributed by atoms with van der Waals surface area (Å²) in [6.07, 6.45) is 7.86. The molecule has 1 saturated heterocycles. The van der Waals surface area contributed by atoms with Gasteiger partial charge < -0.3 is 19.3 Å². The van der Waals surface area contributed by atoms with Gasteiger partial charge in [-0.2, -0.15) is 0 Å². The van der Waals surface area contributed by atoms with Crippen LogP contribution < -0.4 is 0 Å². The van der Waals surface area contributed by atoms with Gasteiger partial charge in [0.2, 0.25) is 0 Å². The first kappa shape index (κ1) is 28.9. The number of hydrogen-bond acceptors (Lipinski definition) is 7. The largest absolute Gasteiger partial charge is 0.459 e. The summed E-state index contributed by atoms with van der Waals surface area (Å²) in [6, 6.07) is 0. The van der Waals surface area contributed by atoms with Gasteiger partial charge in [-0.25, -0.2) is 0 Å². The Labute approximate surface area is 217 Å². The van der Waals surface area contributed by atoms with Gasteiger partial charge in [-0.3, -0.25) is 14.4 Å². The molecule has 4 saturated carbocycles. The van der Waals surface area contributed by atoms with Crippen LogP contribution in [-0.4, -0.2) is 45.9 Å². The van der Waals surface area contributed by atoms with Crippen LogP contribution in [0.2, 0.25) is 0 Å². The van der Waals surface area contributed by atoms with Crippen LogP contribution in [0.5, 0.6) is 0 Å². The Morgan fingerprint density at radius 3 is 1.92 bits per heavy atom. The maximum atomic E-state index is 12.4. The van der Waals surface area contributed by atoms with Crippen LogP contribution in [0.3, 0.4) is 0 Å². The zero-order valence-electron chi connectivity index (χ0n) is 23.7. The Kier molecular flexibility index (Phi) is 7.97. The molecule has 3 atom stereocenters. The summed E-state index contributed by atoms with van der Waals surface area (Å²) in [6.45, 7) is 15.2. The van der Waals surface area contributed by atoms with Gasteiger partial charge in [0.25, 0.3) is 0 Å². The predicted molar refractivity (Wildman–Crippen MR) is 136 cm³/mol. The Morgan fingerprint density at radius 2 is 1.47 bits per heavy atom. The van der Waals surface area contributed by atoms with Crippen LogP contribution in [-0.2, 0) is 28.6 Å². The molecule has 4 bridgehead atoms. The molecule has 4 aliphatic carbocycles. The molecule has 1 aliphatic heterocycles. The van der Waals surface area contributed by atoms with E-state index < -0.39 is 22.0 Å². The summed E-state index contributed by atoms with van der Waals surface area (Å²) in [5.74, 6) is 0.579. The van der Waals surface area contributed by atoms with Crippen LogP contribution in [0.25, 0.3) is 0 Å². The lowest BCUT2D eigenvalue weighted by atomic mass is 9.52. The van der Waals surface area contributed by atoms with Crippen LogP contribution >= 0.6 is 0 Å². The molecule has 3 unspecified atom stereocenters. The number of hydrogen-bond donors (Lipinski definition) is 1. The molecule has 5 rings (SSSR count). The summed E-state index contributed by atoms with van der Waals surface area (Å²) < 4.78 is 16.6. The van der Waals surface area contributed by atoms with Crippen molar-refractivity contribution in [3.63, 3.8) is 0 Å². The molecule has 7 nitrogen and oxygen atoms in total. The second kappa shape index (κ2) is 9.92. The highest BCUT2D eigenvalue weighted by molar-refractivity contribution is 5.77. The van der Waals surface area contributed by atoms with Crippen LogP contribution in [0.15, 0.2) is 0 Å². The van der Waals surface area contributed by atoms with Crippen molar-refractivity contribution in [2.75, 3.05) is 0 Å². The van der Waals surface area contributed by atoms with Gasteiger partial charge in [0.1, 0.15) is 17.3 Å². The summed E-state index contributed by atoms with van der Waals surface area (Å²) >= 11 is 0. The second-order valence-electron chi connectivity index (χ2n) is 13.7. The lowest BCUT2D eigenvalue weighted by molar-refractivity contribution is -0.225. The zero-order valence-corrected chi connectivity index (χ0v) is 23.7. The first-order valence-corrected chi connectivity index (χ1v) is 13.8. The van der Waals surface area contributed by atoms with E-state index in [1.165, 1.54) is 6.42 Å². The van der Waals surface area contributed by atoms with Gasteiger partial charge >= 0.3 is 17.9 Å². The van der Waals surface area contributed by atoms with E-state index in [-0.39, 0.29) is 29.6 Å². The smallest absolute Gasteiger partial charge is 0.312 e. The molecule has 36 heavy (non-hydrogen) atoms. The molecule has 0 aromatic heterocycles. The Morgan fingerprint density at radius 1 is 0.944 bits per heavy atom. The Hall–Kier alpha value is -1.63. The number of rotatable bonds is 7. The van der Waals surface area contributed by atoms with Crippen LogP contribution in [0, 0.1) is 22.7 Å². The molecule has 0 amide bonds. The van der Waals surface area contributed by atoms with E-state index in [4.69, 9.17) is 14.2 Å². The van der Waals surface area contributed by atoms with Gasteiger partial charge in [-0.05, 0) is 105 Å². The third-order valence-electron chi connectivity index (χ3n) is 9.17. The second-order valence-corrected chi connectivity index (χ2v) is 13.7. The Balaban J connectivity index is 0.000000202. The first-order chi connectivity index (χ1) is 16.4. The molecule has 206 valence electrons. The van der Waals surface area contributed by atoms with E-state index in [0.717, 1.165) is 32.1 Å². The highest BCUT2D eigenvalue weighted by Gasteiger charge is 2.59. The molecule has 1 heterocycles. The molecule has 0 aromatic carbocycles. The van der Waals surface area contributed by atoms with Crippen LogP contribution in [0.1, 0.15) is 120 Å². The molecular formula is C29H48O7. The maximum absolute atomic E-state index is 12.4. The zero-order chi connectivity index (χ0) is 27.2. The average Bonchev–Trinajstić information content (AvgIpc) is 3.19. The molecule has 5 aliphatic rings. The van der Waals surface area contributed by atoms with Gasteiger partial charge in [-0.15, -0.1) is 0 Å². The third kappa shape index (κ3) is 6.25. The summed E-state index contributed by atoms with van der Waals surface area (Å²) in [5, 5.41) is 10.6. The summed E-state index contributed by atoms with van der Waals surface area (Å²) in [4.78, 5) is 35.4. The lowest BCUT2D eigenvalue weighted by Gasteiger charge is -2.59. The van der Waals surface area contributed by atoms with Gasteiger partial charge in [0.15, 0.2) is 0 Å². The lowest BCUT2D eigenvalue weighted by Crippen LogP contribution is -2.61. The van der Waals surface area contributed by atoms with Crippen molar-refractivity contribution in [3.05, 3.63) is 0 Å².